The smallest absolute Gasteiger partial charge is 0.386 e. The van der Waals surface area contributed by atoms with Crippen molar-refractivity contribution in [2.75, 3.05) is 0 Å². The van der Waals surface area contributed by atoms with Crippen LogP contribution in [0.15, 0.2) is 27.4 Å². The fourth-order valence-corrected chi connectivity index (χ4v) is 1.14. The fourth-order valence-electron chi connectivity index (χ4n) is 0.977. The van der Waals surface area contributed by atoms with Crippen molar-refractivity contribution >= 4 is 11.6 Å². The van der Waals surface area contributed by atoms with E-state index in [2.05, 4.69) is 10.1 Å². The summed E-state index contributed by atoms with van der Waals surface area (Å²) < 4.78 is 5.93. The van der Waals surface area contributed by atoms with E-state index < -0.39 is 5.76 Å². The molecule has 0 saturated heterocycles. The van der Waals surface area contributed by atoms with Gasteiger partial charge in [0.2, 0.25) is 0 Å². The molecule has 0 spiro atoms. The predicted molar refractivity (Wildman–Crippen MR) is 50.0 cm³/mol. The van der Waals surface area contributed by atoms with E-state index in [0.29, 0.717) is 10.8 Å². The van der Waals surface area contributed by atoms with Crippen molar-refractivity contribution in [2.24, 2.45) is 7.05 Å². The van der Waals surface area contributed by atoms with Gasteiger partial charge in [-0.15, -0.1) is 5.10 Å². The van der Waals surface area contributed by atoms with Crippen LogP contribution in [0.3, 0.4) is 0 Å². The predicted octanol–water partition coefficient (Wildman–Crippen LogP) is 1.09. The summed E-state index contributed by atoms with van der Waals surface area (Å²) in [6, 6.07) is 5.00. The van der Waals surface area contributed by atoms with E-state index >= 15 is 0 Å². The normalized spacial score (nSPS) is 10.4. The van der Waals surface area contributed by atoms with Crippen molar-refractivity contribution in [2.45, 2.75) is 0 Å². The first-order valence-electron chi connectivity index (χ1n) is 3.84. The van der Waals surface area contributed by atoms with Crippen LogP contribution in [0.1, 0.15) is 0 Å². The highest BCUT2D eigenvalue weighted by Crippen LogP contribution is 2.14. The lowest BCUT2D eigenvalue weighted by molar-refractivity contribution is 0.504. The van der Waals surface area contributed by atoms with Crippen LogP contribution in [0.5, 0.6) is 0 Å². The number of pyridine rings is 1. The molecule has 0 amide bonds. The van der Waals surface area contributed by atoms with Crippen LogP contribution >= 0.6 is 11.6 Å². The van der Waals surface area contributed by atoms with Crippen LogP contribution in [0, 0.1) is 0 Å². The van der Waals surface area contributed by atoms with Gasteiger partial charge in [0.25, 0.3) is 5.89 Å². The number of halogens is 1. The monoisotopic (exact) mass is 211 g/mol. The first-order valence-corrected chi connectivity index (χ1v) is 4.21. The molecule has 0 aliphatic heterocycles. The molecule has 5 nitrogen and oxygen atoms in total. The average Bonchev–Trinajstić information content (AvgIpc) is 2.47. The van der Waals surface area contributed by atoms with E-state index in [1.54, 1.807) is 18.2 Å². The van der Waals surface area contributed by atoms with Gasteiger partial charge in [-0.2, -0.15) is 4.68 Å². The maximum absolute atomic E-state index is 11.0. The molecule has 0 bridgehead atoms. The highest BCUT2D eigenvalue weighted by atomic mass is 35.5. The Hall–Kier alpha value is -1.62. The van der Waals surface area contributed by atoms with Crippen molar-refractivity contribution in [1.82, 2.24) is 14.8 Å². The molecular weight excluding hydrogens is 206 g/mol. The van der Waals surface area contributed by atoms with Crippen molar-refractivity contribution in [3.63, 3.8) is 0 Å². The van der Waals surface area contributed by atoms with Crippen LogP contribution in [0.2, 0.25) is 5.15 Å². The second-order valence-electron chi connectivity index (χ2n) is 2.64. The largest absolute Gasteiger partial charge is 0.437 e. The lowest BCUT2D eigenvalue weighted by Crippen LogP contribution is -2.09. The van der Waals surface area contributed by atoms with Gasteiger partial charge in [-0.25, -0.2) is 9.78 Å². The van der Waals surface area contributed by atoms with E-state index in [1.807, 2.05) is 0 Å². The molecule has 6 heteroatoms. The Morgan fingerprint density at radius 2 is 2.29 bits per heavy atom. The standard InChI is InChI=1S/C8H6ClN3O2/c1-12-8(13)14-7(11-12)5-3-2-4-6(9)10-5/h2-4H,1H3. The second kappa shape index (κ2) is 3.26. The number of nitrogens with zero attached hydrogens (tertiary/aromatic N) is 3. The van der Waals surface area contributed by atoms with Crippen LogP contribution in [-0.2, 0) is 7.05 Å². The quantitative estimate of drug-likeness (QED) is 0.663. The number of hydrogen-bond acceptors (Lipinski definition) is 4. The first kappa shape index (κ1) is 8.96. The Balaban J connectivity index is 2.54. The third-order valence-electron chi connectivity index (χ3n) is 1.62. The fraction of sp³-hybridized carbons (Fsp3) is 0.125. The number of rotatable bonds is 1. The highest BCUT2D eigenvalue weighted by molar-refractivity contribution is 6.29. The second-order valence-corrected chi connectivity index (χ2v) is 3.03. The molecule has 2 rings (SSSR count). The van der Waals surface area contributed by atoms with Gasteiger partial charge in [-0.05, 0) is 12.1 Å². The summed E-state index contributed by atoms with van der Waals surface area (Å²) in [4.78, 5) is 14.9. The zero-order valence-corrected chi connectivity index (χ0v) is 8.02. The topological polar surface area (TPSA) is 60.9 Å². The Bertz CT molecular complexity index is 517. The van der Waals surface area contributed by atoms with E-state index in [1.165, 1.54) is 7.05 Å². The molecule has 0 unspecified atom stereocenters. The van der Waals surface area contributed by atoms with Crippen LogP contribution in [-0.4, -0.2) is 14.8 Å². The van der Waals surface area contributed by atoms with E-state index in [4.69, 9.17) is 16.0 Å². The summed E-state index contributed by atoms with van der Waals surface area (Å²) in [5.41, 5.74) is 0.440. The third-order valence-corrected chi connectivity index (χ3v) is 1.83. The molecule has 0 aliphatic carbocycles. The van der Waals surface area contributed by atoms with E-state index in [-0.39, 0.29) is 5.89 Å². The maximum atomic E-state index is 11.0. The van der Waals surface area contributed by atoms with Crippen molar-refractivity contribution in [1.29, 1.82) is 0 Å². The molecule has 0 radical (unpaired) electrons. The molecular formula is C8H6ClN3O2. The van der Waals surface area contributed by atoms with Crippen LogP contribution in [0.4, 0.5) is 0 Å². The summed E-state index contributed by atoms with van der Waals surface area (Å²) in [6.45, 7) is 0. The van der Waals surface area contributed by atoms with Crippen LogP contribution in [0.25, 0.3) is 11.6 Å². The molecule has 0 aromatic carbocycles. The third kappa shape index (κ3) is 1.54. The minimum Gasteiger partial charge on any atom is -0.386 e. The Morgan fingerprint density at radius 1 is 1.50 bits per heavy atom. The summed E-state index contributed by atoms with van der Waals surface area (Å²) in [5, 5.41) is 4.17. The van der Waals surface area contributed by atoms with Gasteiger partial charge >= 0.3 is 5.76 Å². The Morgan fingerprint density at radius 3 is 2.86 bits per heavy atom. The van der Waals surface area contributed by atoms with Gasteiger partial charge in [0.05, 0.1) is 0 Å². The summed E-state index contributed by atoms with van der Waals surface area (Å²) >= 11 is 5.68. The Kier molecular flexibility index (Phi) is 2.09. The van der Waals surface area contributed by atoms with Gasteiger partial charge < -0.3 is 4.42 Å². The molecule has 0 atom stereocenters. The summed E-state index contributed by atoms with van der Waals surface area (Å²) in [7, 11) is 1.50. The van der Waals surface area contributed by atoms with Gasteiger partial charge in [-0.1, -0.05) is 17.7 Å². The molecule has 0 aliphatic rings. The zero-order chi connectivity index (χ0) is 10.1. The maximum Gasteiger partial charge on any atom is 0.437 e. The summed E-state index contributed by atoms with van der Waals surface area (Å²) in [6.07, 6.45) is 0. The molecule has 2 aromatic rings. The van der Waals surface area contributed by atoms with Crippen molar-refractivity contribution in [3.8, 4) is 11.6 Å². The molecule has 0 fully saturated rings. The summed E-state index contributed by atoms with van der Waals surface area (Å²) in [5.74, 6) is -0.359. The SMILES string of the molecule is Cn1nc(-c2cccc(Cl)n2)oc1=O. The molecule has 14 heavy (non-hydrogen) atoms. The van der Waals surface area contributed by atoms with Crippen molar-refractivity contribution < 1.29 is 4.42 Å². The molecule has 2 aromatic heterocycles. The minimum atomic E-state index is -0.526. The molecule has 0 N–H and O–H groups in total. The molecule has 72 valence electrons. The number of aromatic nitrogens is 3. The zero-order valence-electron chi connectivity index (χ0n) is 7.27. The lowest BCUT2D eigenvalue weighted by atomic mass is 10.3. The molecule has 2 heterocycles. The highest BCUT2D eigenvalue weighted by Gasteiger charge is 2.08. The van der Waals surface area contributed by atoms with E-state index in [0.717, 1.165) is 4.68 Å². The van der Waals surface area contributed by atoms with Gasteiger partial charge in [0.1, 0.15) is 10.8 Å². The molecule has 0 saturated carbocycles. The minimum absolute atomic E-state index is 0.167. The number of hydrogen-bond donors (Lipinski definition) is 0. The van der Waals surface area contributed by atoms with Crippen LogP contribution < -0.4 is 5.76 Å². The number of aryl methyl sites for hydroxylation is 1. The first-order chi connectivity index (χ1) is 6.66. The lowest BCUT2D eigenvalue weighted by Gasteiger charge is -1.92. The Labute approximate surface area is 83.9 Å². The van der Waals surface area contributed by atoms with Crippen molar-refractivity contribution in [3.05, 3.63) is 33.9 Å². The van der Waals surface area contributed by atoms with Gasteiger partial charge in [0.15, 0.2) is 0 Å². The average molecular weight is 212 g/mol. The van der Waals surface area contributed by atoms with Gasteiger partial charge in [-0.3, -0.25) is 0 Å². The van der Waals surface area contributed by atoms with Gasteiger partial charge in [0, 0.05) is 7.05 Å². The van der Waals surface area contributed by atoms with E-state index in [9.17, 15) is 4.79 Å².